The third-order valence-electron chi connectivity index (χ3n) is 1.74. The highest BCUT2D eigenvalue weighted by Crippen LogP contribution is 2.33. The summed E-state index contributed by atoms with van der Waals surface area (Å²) in [5.74, 6) is -0.119. The molecule has 0 fully saturated rings. The van der Waals surface area contributed by atoms with E-state index in [1.807, 2.05) is 0 Å². The minimum absolute atomic E-state index is 0.0989. The van der Waals surface area contributed by atoms with Gasteiger partial charge in [0, 0.05) is 0 Å². The monoisotopic (exact) mass is 296 g/mol. The molecular formula is C8H4BrClF2N2O. The molecule has 15 heavy (non-hydrogen) atoms. The molecular weight excluding hydrogens is 293 g/mol. The van der Waals surface area contributed by atoms with Crippen LogP contribution >= 0.6 is 27.5 Å². The molecule has 3 nitrogen and oxygen atoms in total. The molecule has 2 aromatic rings. The summed E-state index contributed by atoms with van der Waals surface area (Å²) in [7, 11) is 0. The number of nitrogens with one attached hydrogen (secondary N) is 1. The van der Waals surface area contributed by atoms with Gasteiger partial charge in [-0.1, -0.05) is 11.6 Å². The normalized spacial score (nSPS) is 11.3. The maximum absolute atomic E-state index is 12.1. The Bertz CT molecular complexity index is 503. The zero-order chi connectivity index (χ0) is 11.0. The van der Waals surface area contributed by atoms with E-state index < -0.39 is 6.61 Å². The molecule has 0 spiro atoms. The Hall–Kier alpha value is -0.880. The van der Waals surface area contributed by atoms with Gasteiger partial charge in [0.15, 0.2) is 10.5 Å². The number of benzene rings is 1. The second-order valence-electron chi connectivity index (χ2n) is 2.68. The lowest BCUT2D eigenvalue weighted by molar-refractivity contribution is -0.0488. The van der Waals surface area contributed by atoms with Crippen molar-refractivity contribution >= 4 is 38.6 Å². The highest BCUT2D eigenvalue weighted by Gasteiger charge is 2.15. The number of aromatic nitrogens is 2. The molecule has 80 valence electrons. The first kappa shape index (κ1) is 10.6. The van der Waals surface area contributed by atoms with Gasteiger partial charge in [0.1, 0.15) is 5.52 Å². The van der Waals surface area contributed by atoms with E-state index in [4.69, 9.17) is 11.6 Å². The van der Waals surface area contributed by atoms with Crippen molar-refractivity contribution in [2.45, 2.75) is 6.61 Å². The van der Waals surface area contributed by atoms with Crippen LogP contribution in [0.2, 0.25) is 5.02 Å². The molecule has 0 amide bonds. The van der Waals surface area contributed by atoms with Gasteiger partial charge >= 0.3 is 6.61 Å². The van der Waals surface area contributed by atoms with E-state index in [1.165, 1.54) is 6.07 Å². The van der Waals surface area contributed by atoms with Crippen LogP contribution in [-0.2, 0) is 0 Å². The lowest BCUT2D eigenvalue weighted by Gasteiger charge is -2.06. The standard InChI is InChI=1S/C8H4BrClF2N2O/c9-7-13-4-2-1-3(10)6(5(4)14-7)15-8(11)12/h1-2,8H,(H,13,14). The summed E-state index contributed by atoms with van der Waals surface area (Å²) in [5.41, 5.74) is 0.844. The third kappa shape index (κ3) is 2.05. The number of halogens is 4. The van der Waals surface area contributed by atoms with Crippen LogP contribution < -0.4 is 4.74 Å². The Balaban J connectivity index is 2.62. The van der Waals surface area contributed by atoms with Crippen molar-refractivity contribution in [3.8, 4) is 5.75 Å². The predicted octanol–water partition coefficient (Wildman–Crippen LogP) is 3.58. The molecule has 0 aliphatic rings. The van der Waals surface area contributed by atoms with E-state index in [-0.39, 0.29) is 16.3 Å². The van der Waals surface area contributed by atoms with Crippen LogP contribution in [0.15, 0.2) is 16.9 Å². The van der Waals surface area contributed by atoms with E-state index in [9.17, 15) is 8.78 Å². The van der Waals surface area contributed by atoms with Crippen molar-refractivity contribution in [1.29, 1.82) is 0 Å². The molecule has 0 saturated carbocycles. The number of hydrogen-bond donors (Lipinski definition) is 1. The van der Waals surface area contributed by atoms with Crippen molar-refractivity contribution in [3.63, 3.8) is 0 Å². The molecule has 2 rings (SSSR count). The molecule has 7 heteroatoms. The van der Waals surface area contributed by atoms with Gasteiger partial charge in [-0.25, -0.2) is 4.98 Å². The van der Waals surface area contributed by atoms with Crippen LogP contribution in [0.3, 0.4) is 0 Å². The smallest absolute Gasteiger partial charge is 0.387 e. The average Bonchev–Trinajstić information content (AvgIpc) is 2.51. The van der Waals surface area contributed by atoms with Crippen LogP contribution in [0.4, 0.5) is 8.78 Å². The zero-order valence-corrected chi connectivity index (χ0v) is 9.44. The molecule has 1 aromatic heterocycles. The average molecular weight is 297 g/mol. The van der Waals surface area contributed by atoms with E-state index in [0.29, 0.717) is 10.3 Å². The molecule has 0 atom stereocenters. The van der Waals surface area contributed by atoms with E-state index in [0.717, 1.165) is 0 Å². The molecule has 0 aliphatic heterocycles. The van der Waals surface area contributed by atoms with Crippen molar-refractivity contribution in [1.82, 2.24) is 9.97 Å². The lowest BCUT2D eigenvalue weighted by atomic mass is 10.3. The summed E-state index contributed by atoms with van der Waals surface area (Å²) in [6.07, 6.45) is 0. The largest absolute Gasteiger partial charge is 0.431 e. The highest BCUT2D eigenvalue weighted by molar-refractivity contribution is 9.10. The van der Waals surface area contributed by atoms with Gasteiger partial charge in [-0.05, 0) is 28.1 Å². The van der Waals surface area contributed by atoms with Gasteiger partial charge < -0.3 is 9.72 Å². The number of alkyl halides is 2. The Labute approximate surface area is 96.5 Å². The molecule has 0 unspecified atom stereocenters. The summed E-state index contributed by atoms with van der Waals surface area (Å²) in [6.45, 7) is -2.93. The van der Waals surface area contributed by atoms with E-state index in [2.05, 4.69) is 30.6 Å². The molecule has 1 N–H and O–H groups in total. The minimum atomic E-state index is -2.93. The summed E-state index contributed by atoms with van der Waals surface area (Å²) in [6, 6.07) is 3.10. The molecule has 0 aliphatic carbocycles. The third-order valence-corrected chi connectivity index (χ3v) is 2.41. The van der Waals surface area contributed by atoms with Gasteiger partial charge in [-0.2, -0.15) is 8.78 Å². The van der Waals surface area contributed by atoms with Crippen molar-refractivity contribution in [3.05, 3.63) is 21.9 Å². The molecule has 0 saturated heterocycles. The number of hydrogen-bond acceptors (Lipinski definition) is 2. The first-order chi connectivity index (χ1) is 7.08. The van der Waals surface area contributed by atoms with Crippen LogP contribution in [0.25, 0.3) is 11.0 Å². The quantitative estimate of drug-likeness (QED) is 0.920. The van der Waals surface area contributed by atoms with Gasteiger partial charge in [0.2, 0.25) is 0 Å². The SMILES string of the molecule is FC(F)Oc1c(Cl)ccc2[nH]c(Br)nc12. The van der Waals surface area contributed by atoms with Gasteiger partial charge in [-0.15, -0.1) is 0 Å². The zero-order valence-electron chi connectivity index (χ0n) is 7.10. The number of ether oxygens (including phenoxy) is 1. The number of fused-ring (bicyclic) bond motifs is 1. The Morgan fingerprint density at radius 3 is 2.87 bits per heavy atom. The lowest BCUT2D eigenvalue weighted by Crippen LogP contribution is -2.02. The van der Waals surface area contributed by atoms with Crippen LogP contribution in [0, 0.1) is 0 Å². The summed E-state index contributed by atoms with van der Waals surface area (Å²) >= 11 is 8.83. The predicted molar refractivity (Wildman–Crippen MR) is 55.4 cm³/mol. The fraction of sp³-hybridized carbons (Fsp3) is 0.125. The molecule has 0 radical (unpaired) electrons. The number of aromatic amines is 1. The van der Waals surface area contributed by atoms with Crippen molar-refractivity contribution in [2.75, 3.05) is 0 Å². The first-order valence-corrected chi connectivity index (χ1v) is 5.03. The summed E-state index contributed by atoms with van der Waals surface area (Å²) < 4.78 is 28.9. The van der Waals surface area contributed by atoms with Gasteiger partial charge in [-0.3, -0.25) is 0 Å². The number of rotatable bonds is 2. The maximum Gasteiger partial charge on any atom is 0.387 e. The van der Waals surface area contributed by atoms with Gasteiger partial charge in [0.05, 0.1) is 10.5 Å². The summed E-state index contributed by atoms with van der Waals surface area (Å²) in [5, 5.41) is 0.0989. The number of H-pyrrole nitrogens is 1. The van der Waals surface area contributed by atoms with Crippen LogP contribution in [-0.4, -0.2) is 16.6 Å². The van der Waals surface area contributed by atoms with Crippen molar-refractivity contribution < 1.29 is 13.5 Å². The Morgan fingerprint density at radius 1 is 1.47 bits per heavy atom. The molecule has 1 aromatic carbocycles. The minimum Gasteiger partial charge on any atom is -0.431 e. The van der Waals surface area contributed by atoms with E-state index >= 15 is 0 Å². The second kappa shape index (κ2) is 3.94. The van der Waals surface area contributed by atoms with Crippen molar-refractivity contribution in [2.24, 2.45) is 0 Å². The fourth-order valence-corrected chi connectivity index (χ4v) is 1.78. The summed E-state index contributed by atoms with van der Waals surface area (Å²) in [4.78, 5) is 6.77. The fourth-order valence-electron chi connectivity index (χ4n) is 1.20. The number of imidazole rings is 1. The van der Waals surface area contributed by atoms with E-state index in [1.54, 1.807) is 6.07 Å². The number of nitrogens with zero attached hydrogens (tertiary/aromatic N) is 1. The van der Waals surface area contributed by atoms with Crippen LogP contribution in [0.1, 0.15) is 0 Å². The Kier molecular flexibility index (Phi) is 2.79. The maximum atomic E-state index is 12.1. The topological polar surface area (TPSA) is 37.9 Å². The second-order valence-corrected chi connectivity index (χ2v) is 3.84. The molecule has 1 heterocycles. The van der Waals surface area contributed by atoms with Gasteiger partial charge in [0.25, 0.3) is 0 Å². The van der Waals surface area contributed by atoms with Crippen LogP contribution in [0.5, 0.6) is 5.75 Å². The first-order valence-electron chi connectivity index (χ1n) is 3.86. The Morgan fingerprint density at radius 2 is 2.20 bits per heavy atom. The highest BCUT2D eigenvalue weighted by atomic mass is 79.9. The molecule has 0 bridgehead atoms.